The smallest absolute Gasteiger partial charge is 0.336 e. The fourth-order valence-corrected chi connectivity index (χ4v) is 2.43. The van der Waals surface area contributed by atoms with Gasteiger partial charge in [0.15, 0.2) is 0 Å². The average molecular weight is 351 g/mol. The van der Waals surface area contributed by atoms with Gasteiger partial charge in [0.2, 0.25) is 5.95 Å². The van der Waals surface area contributed by atoms with Gasteiger partial charge in [-0.2, -0.15) is 4.98 Å². The third-order valence-electron chi connectivity index (χ3n) is 2.08. The number of nitrogens with zero attached hydrogens (tertiary/aromatic N) is 2. The van der Waals surface area contributed by atoms with Crippen molar-refractivity contribution in [2.24, 2.45) is 0 Å². The number of aromatic nitrogens is 3. The number of H-pyrrole nitrogens is 1. The van der Waals surface area contributed by atoms with Gasteiger partial charge in [-0.05, 0) is 34.1 Å². The van der Waals surface area contributed by atoms with Gasteiger partial charge in [0, 0.05) is 0 Å². The second-order valence-corrected chi connectivity index (χ2v) is 5.89. The van der Waals surface area contributed by atoms with Gasteiger partial charge in [0.25, 0.3) is 10.0 Å². The van der Waals surface area contributed by atoms with Crippen LogP contribution in [0, 0.1) is 5.82 Å². The molecule has 2 N–H and O–H groups in total. The molecule has 19 heavy (non-hydrogen) atoms. The summed E-state index contributed by atoms with van der Waals surface area (Å²) in [4.78, 5) is 3.46. The molecule has 10 heteroatoms. The Morgan fingerprint density at radius 1 is 1.47 bits per heavy atom. The summed E-state index contributed by atoms with van der Waals surface area (Å²) in [6, 6.07) is 3.42. The molecule has 0 unspecified atom stereocenters. The zero-order valence-electron chi connectivity index (χ0n) is 9.52. The lowest BCUT2D eigenvalue weighted by atomic mass is 10.3. The van der Waals surface area contributed by atoms with Crippen LogP contribution in [0.4, 0.5) is 10.3 Å². The Morgan fingerprint density at radius 3 is 2.79 bits per heavy atom. The Morgan fingerprint density at radius 2 is 2.21 bits per heavy atom. The van der Waals surface area contributed by atoms with Crippen LogP contribution in [0.25, 0.3) is 0 Å². The molecule has 2 aromatic rings. The van der Waals surface area contributed by atoms with Crippen molar-refractivity contribution in [1.82, 2.24) is 15.2 Å². The average Bonchev–Trinajstić information content (AvgIpc) is 2.79. The number of nitrogens with one attached hydrogen (secondary N) is 2. The molecular weight excluding hydrogens is 343 g/mol. The molecule has 0 aliphatic carbocycles. The van der Waals surface area contributed by atoms with Crippen LogP contribution in [0.15, 0.2) is 27.6 Å². The monoisotopic (exact) mass is 350 g/mol. The largest absolute Gasteiger partial charge is 0.466 e. The second-order valence-electron chi connectivity index (χ2n) is 3.35. The third kappa shape index (κ3) is 3.01. The first-order chi connectivity index (χ1) is 8.92. The van der Waals surface area contributed by atoms with Crippen molar-refractivity contribution in [3.05, 3.63) is 28.5 Å². The number of hydrogen-bond donors (Lipinski definition) is 2. The van der Waals surface area contributed by atoms with Crippen molar-refractivity contribution >= 4 is 31.9 Å². The molecule has 1 aromatic heterocycles. The predicted octanol–water partition coefficient (Wildman–Crippen LogP) is 1.52. The number of anilines is 1. The maximum absolute atomic E-state index is 13.3. The minimum atomic E-state index is -3.95. The van der Waals surface area contributed by atoms with E-state index in [2.05, 4.69) is 35.8 Å². The van der Waals surface area contributed by atoms with E-state index >= 15 is 0 Å². The summed E-state index contributed by atoms with van der Waals surface area (Å²) in [5, 5.41) is 5.91. The van der Waals surface area contributed by atoms with Crippen molar-refractivity contribution in [2.75, 3.05) is 11.8 Å². The van der Waals surface area contributed by atoms with Crippen LogP contribution in [0.1, 0.15) is 0 Å². The molecule has 1 heterocycles. The standard InChI is InChI=1S/C9H8BrFN4O3S/c1-18-9-12-8(13-14-9)15-19(16,17)5-2-3-6(10)7(11)4-5/h2-4H,1H3,(H2,12,13,14,15). The van der Waals surface area contributed by atoms with E-state index in [4.69, 9.17) is 4.74 Å². The third-order valence-corrected chi connectivity index (χ3v) is 4.06. The van der Waals surface area contributed by atoms with Gasteiger partial charge in [-0.25, -0.2) is 22.6 Å². The first-order valence-electron chi connectivity index (χ1n) is 4.86. The zero-order chi connectivity index (χ0) is 14.0. The van der Waals surface area contributed by atoms with Gasteiger partial charge in [0.05, 0.1) is 16.5 Å². The van der Waals surface area contributed by atoms with E-state index in [1.54, 1.807) is 0 Å². The maximum atomic E-state index is 13.3. The van der Waals surface area contributed by atoms with Crippen molar-refractivity contribution < 1.29 is 17.5 Å². The van der Waals surface area contributed by atoms with Gasteiger partial charge in [-0.3, -0.25) is 0 Å². The van der Waals surface area contributed by atoms with E-state index in [0.717, 1.165) is 6.07 Å². The first-order valence-corrected chi connectivity index (χ1v) is 7.14. The van der Waals surface area contributed by atoms with E-state index < -0.39 is 15.8 Å². The van der Waals surface area contributed by atoms with E-state index in [1.807, 2.05) is 0 Å². The summed E-state index contributed by atoms with van der Waals surface area (Å²) in [7, 11) is -2.61. The van der Waals surface area contributed by atoms with Crippen molar-refractivity contribution in [1.29, 1.82) is 0 Å². The van der Waals surface area contributed by atoms with Crippen LogP contribution in [0.3, 0.4) is 0 Å². The zero-order valence-corrected chi connectivity index (χ0v) is 11.9. The Hall–Kier alpha value is -1.68. The fourth-order valence-electron chi connectivity index (χ4n) is 1.21. The minimum Gasteiger partial charge on any atom is -0.466 e. The Kier molecular flexibility index (Phi) is 3.71. The summed E-state index contributed by atoms with van der Waals surface area (Å²) < 4.78 is 44.2. The van der Waals surface area contributed by atoms with Crippen molar-refractivity contribution in [2.45, 2.75) is 4.90 Å². The number of sulfonamides is 1. The SMILES string of the molecule is COc1n[nH]c(NS(=O)(=O)c2ccc(Br)c(F)c2)n1. The van der Waals surface area contributed by atoms with Crippen molar-refractivity contribution in [3.63, 3.8) is 0 Å². The molecule has 0 aliphatic rings. The Bertz CT molecular complexity index is 703. The highest BCUT2D eigenvalue weighted by molar-refractivity contribution is 9.10. The molecule has 0 spiro atoms. The van der Waals surface area contributed by atoms with Gasteiger partial charge in [-0.15, -0.1) is 5.10 Å². The van der Waals surface area contributed by atoms with Crippen LogP contribution in [-0.2, 0) is 10.0 Å². The van der Waals surface area contributed by atoms with E-state index in [-0.39, 0.29) is 21.3 Å². The highest BCUT2D eigenvalue weighted by Crippen LogP contribution is 2.20. The number of rotatable bonds is 4. The molecule has 102 valence electrons. The minimum absolute atomic E-state index is 0.0142. The normalized spacial score (nSPS) is 11.3. The molecule has 0 aliphatic heterocycles. The fraction of sp³-hybridized carbons (Fsp3) is 0.111. The quantitative estimate of drug-likeness (QED) is 0.871. The Balaban J connectivity index is 2.29. The number of halogens is 2. The van der Waals surface area contributed by atoms with Crippen LogP contribution in [-0.4, -0.2) is 30.7 Å². The molecule has 2 rings (SSSR count). The first kappa shape index (κ1) is 13.7. The molecule has 0 saturated carbocycles. The van der Waals surface area contributed by atoms with Gasteiger partial charge in [0.1, 0.15) is 5.82 Å². The van der Waals surface area contributed by atoms with E-state index in [9.17, 15) is 12.8 Å². The van der Waals surface area contributed by atoms with Crippen LogP contribution >= 0.6 is 15.9 Å². The predicted molar refractivity (Wildman–Crippen MR) is 67.8 cm³/mol. The maximum Gasteiger partial charge on any atom is 0.336 e. The summed E-state index contributed by atoms with van der Waals surface area (Å²) >= 11 is 2.94. The second kappa shape index (κ2) is 5.13. The highest BCUT2D eigenvalue weighted by Gasteiger charge is 2.18. The van der Waals surface area contributed by atoms with Crippen LogP contribution in [0.5, 0.6) is 6.01 Å². The van der Waals surface area contributed by atoms with Crippen LogP contribution < -0.4 is 9.46 Å². The lowest BCUT2D eigenvalue weighted by Gasteiger charge is -2.05. The molecule has 1 aromatic carbocycles. The number of hydrogen-bond acceptors (Lipinski definition) is 5. The Labute approximate surface area is 116 Å². The number of aromatic amines is 1. The molecule has 0 bridgehead atoms. The number of ether oxygens (including phenoxy) is 1. The molecule has 7 nitrogen and oxygen atoms in total. The van der Waals surface area contributed by atoms with Crippen molar-refractivity contribution in [3.8, 4) is 6.01 Å². The summed E-state index contributed by atoms with van der Waals surface area (Å²) in [6.07, 6.45) is 0. The molecule has 0 amide bonds. The topological polar surface area (TPSA) is 97.0 Å². The van der Waals surface area contributed by atoms with Gasteiger partial charge >= 0.3 is 6.01 Å². The van der Waals surface area contributed by atoms with E-state index in [0.29, 0.717) is 0 Å². The van der Waals surface area contributed by atoms with Gasteiger partial charge < -0.3 is 4.74 Å². The lowest BCUT2D eigenvalue weighted by molar-refractivity contribution is 0.382. The molecule has 0 radical (unpaired) electrons. The summed E-state index contributed by atoms with van der Waals surface area (Å²) in [6.45, 7) is 0. The molecule has 0 fully saturated rings. The molecular formula is C9H8BrFN4O3S. The van der Waals surface area contributed by atoms with Gasteiger partial charge in [-0.1, -0.05) is 0 Å². The number of benzene rings is 1. The van der Waals surface area contributed by atoms with E-state index in [1.165, 1.54) is 19.2 Å². The lowest BCUT2D eigenvalue weighted by Crippen LogP contribution is -2.14. The highest BCUT2D eigenvalue weighted by atomic mass is 79.9. The molecule has 0 atom stereocenters. The summed E-state index contributed by atoms with van der Waals surface area (Å²) in [5.74, 6) is -0.807. The van der Waals surface area contributed by atoms with Crippen LogP contribution in [0.2, 0.25) is 0 Å². The summed E-state index contributed by atoms with van der Waals surface area (Å²) in [5.41, 5.74) is 0. The number of methoxy groups -OCH3 is 1. The molecule has 0 saturated heterocycles.